The van der Waals surface area contributed by atoms with Crippen molar-refractivity contribution in [1.29, 1.82) is 0 Å². The molecule has 1 aliphatic heterocycles. The van der Waals surface area contributed by atoms with E-state index in [2.05, 4.69) is 31.3 Å². The summed E-state index contributed by atoms with van der Waals surface area (Å²) in [6.07, 6.45) is 2.28. The van der Waals surface area contributed by atoms with Crippen LogP contribution in [0.1, 0.15) is 30.9 Å². The molecule has 1 aromatic rings. The average molecular weight is 248 g/mol. The van der Waals surface area contributed by atoms with Gasteiger partial charge >= 0.3 is 0 Å². The van der Waals surface area contributed by atoms with Crippen molar-refractivity contribution in [3.8, 4) is 0 Å². The Balaban J connectivity index is 1.86. The molecule has 0 aliphatic carbocycles. The number of nitrogens with one attached hydrogen (secondary N) is 1. The molecule has 2 rings (SSSR count). The van der Waals surface area contributed by atoms with Crippen LogP contribution in [0.2, 0.25) is 0 Å². The SMILES string of the molecule is Cc1ccc(N)c(CNCC2(C)CCOCC2)c1. The minimum Gasteiger partial charge on any atom is -0.398 e. The van der Waals surface area contributed by atoms with Crippen molar-refractivity contribution in [2.45, 2.75) is 33.2 Å². The van der Waals surface area contributed by atoms with Crippen molar-refractivity contribution in [3.05, 3.63) is 29.3 Å². The molecule has 0 bridgehead atoms. The van der Waals surface area contributed by atoms with Crippen LogP contribution in [0.5, 0.6) is 0 Å². The average Bonchev–Trinajstić information content (AvgIpc) is 2.34. The van der Waals surface area contributed by atoms with Gasteiger partial charge in [-0.1, -0.05) is 24.6 Å². The van der Waals surface area contributed by atoms with E-state index in [4.69, 9.17) is 10.5 Å². The smallest absolute Gasteiger partial charge is 0.0471 e. The summed E-state index contributed by atoms with van der Waals surface area (Å²) in [5.41, 5.74) is 9.70. The molecule has 0 radical (unpaired) electrons. The molecule has 1 aromatic carbocycles. The third kappa shape index (κ3) is 3.47. The second-order valence-electron chi connectivity index (χ2n) is 5.73. The van der Waals surface area contributed by atoms with E-state index < -0.39 is 0 Å². The monoisotopic (exact) mass is 248 g/mol. The minimum atomic E-state index is 0.372. The number of hydrogen-bond donors (Lipinski definition) is 2. The fourth-order valence-electron chi connectivity index (χ4n) is 2.43. The molecule has 3 heteroatoms. The molecular weight excluding hydrogens is 224 g/mol. The van der Waals surface area contributed by atoms with Crippen LogP contribution in [0, 0.1) is 12.3 Å². The Hall–Kier alpha value is -1.06. The number of hydrogen-bond acceptors (Lipinski definition) is 3. The van der Waals surface area contributed by atoms with Gasteiger partial charge in [-0.2, -0.15) is 0 Å². The van der Waals surface area contributed by atoms with Crippen molar-refractivity contribution < 1.29 is 4.74 Å². The molecule has 1 heterocycles. The summed E-state index contributed by atoms with van der Waals surface area (Å²) in [7, 11) is 0. The normalized spacial score (nSPS) is 18.8. The zero-order valence-corrected chi connectivity index (χ0v) is 11.5. The molecule has 1 aliphatic rings. The van der Waals surface area contributed by atoms with Gasteiger partial charge in [0.05, 0.1) is 0 Å². The highest BCUT2D eigenvalue weighted by Crippen LogP contribution is 2.28. The van der Waals surface area contributed by atoms with E-state index in [1.165, 1.54) is 11.1 Å². The fraction of sp³-hybridized carbons (Fsp3) is 0.600. The largest absolute Gasteiger partial charge is 0.398 e. The van der Waals surface area contributed by atoms with Crippen LogP contribution in [-0.4, -0.2) is 19.8 Å². The van der Waals surface area contributed by atoms with Crippen molar-refractivity contribution in [2.24, 2.45) is 5.41 Å². The van der Waals surface area contributed by atoms with Crippen molar-refractivity contribution in [1.82, 2.24) is 5.32 Å². The number of ether oxygens (including phenoxy) is 1. The highest BCUT2D eigenvalue weighted by atomic mass is 16.5. The molecule has 3 nitrogen and oxygen atoms in total. The quantitative estimate of drug-likeness (QED) is 0.805. The van der Waals surface area contributed by atoms with E-state index in [1.54, 1.807) is 0 Å². The van der Waals surface area contributed by atoms with Gasteiger partial charge in [-0.15, -0.1) is 0 Å². The predicted molar refractivity (Wildman–Crippen MR) is 75.5 cm³/mol. The molecule has 0 saturated carbocycles. The topological polar surface area (TPSA) is 47.3 Å². The van der Waals surface area contributed by atoms with E-state index in [1.807, 2.05) is 6.07 Å². The highest BCUT2D eigenvalue weighted by Gasteiger charge is 2.26. The molecule has 0 spiro atoms. The van der Waals surface area contributed by atoms with Crippen LogP contribution in [0.3, 0.4) is 0 Å². The van der Waals surface area contributed by atoms with E-state index >= 15 is 0 Å². The van der Waals surface area contributed by atoms with Crippen LogP contribution < -0.4 is 11.1 Å². The van der Waals surface area contributed by atoms with Gasteiger partial charge in [-0.05, 0) is 36.8 Å². The van der Waals surface area contributed by atoms with E-state index in [9.17, 15) is 0 Å². The van der Waals surface area contributed by atoms with Crippen LogP contribution in [0.25, 0.3) is 0 Å². The van der Waals surface area contributed by atoms with Gasteiger partial charge in [0, 0.05) is 32.0 Å². The highest BCUT2D eigenvalue weighted by molar-refractivity contribution is 5.48. The molecular formula is C15H24N2O. The van der Waals surface area contributed by atoms with E-state index in [0.29, 0.717) is 5.41 Å². The summed E-state index contributed by atoms with van der Waals surface area (Å²) in [5, 5.41) is 3.54. The Morgan fingerprint density at radius 2 is 2.06 bits per heavy atom. The number of rotatable bonds is 4. The zero-order valence-electron chi connectivity index (χ0n) is 11.5. The maximum atomic E-state index is 5.98. The second kappa shape index (κ2) is 5.72. The van der Waals surface area contributed by atoms with Crippen LogP contribution in [0.4, 0.5) is 5.69 Å². The van der Waals surface area contributed by atoms with Crippen molar-refractivity contribution in [3.63, 3.8) is 0 Å². The first-order valence-electron chi connectivity index (χ1n) is 6.73. The number of aryl methyl sites for hydroxylation is 1. The molecule has 0 unspecified atom stereocenters. The lowest BCUT2D eigenvalue weighted by atomic mass is 9.82. The van der Waals surface area contributed by atoms with Crippen molar-refractivity contribution >= 4 is 5.69 Å². The first-order chi connectivity index (χ1) is 8.59. The molecule has 0 aromatic heterocycles. The number of benzene rings is 1. The van der Waals surface area contributed by atoms with Gasteiger partial charge in [0.25, 0.3) is 0 Å². The fourth-order valence-corrected chi connectivity index (χ4v) is 2.43. The lowest BCUT2D eigenvalue weighted by Gasteiger charge is -2.33. The first kappa shape index (κ1) is 13.4. The third-order valence-corrected chi connectivity index (χ3v) is 3.87. The second-order valence-corrected chi connectivity index (χ2v) is 5.73. The van der Waals surface area contributed by atoms with E-state index in [-0.39, 0.29) is 0 Å². The van der Waals surface area contributed by atoms with Gasteiger partial charge in [0.1, 0.15) is 0 Å². The zero-order chi connectivity index (χ0) is 13.0. The Morgan fingerprint density at radius 3 is 2.78 bits per heavy atom. The number of nitrogen functional groups attached to an aromatic ring is 1. The number of anilines is 1. The molecule has 0 atom stereocenters. The van der Waals surface area contributed by atoms with Crippen LogP contribution in [-0.2, 0) is 11.3 Å². The summed E-state index contributed by atoms with van der Waals surface area (Å²) >= 11 is 0. The number of nitrogens with two attached hydrogens (primary N) is 1. The van der Waals surface area contributed by atoms with Gasteiger partial charge in [0.15, 0.2) is 0 Å². The third-order valence-electron chi connectivity index (χ3n) is 3.87. The lowest BCUT2D eigenvalue weighted by Crippen LogP contribution is -2.36. The minimum absolute atomic E-state index is 0.372. The molecule has 0 amide bonds. The Labute approximate surface area is 110 Å². The molecule has 1 saturated heterocycles. The maximum absolute atomic E-state index is 5.98. The summed E-state index contributed by atoms with van der Waals surface area (Å²) in [6.45, 7) is 8.11. The summed E-state index contributed by atoms with van der Waals surface area (Å²) in [6, 6.07) is 6.20. The molecule has 3 N–H and O–H groups in total. The van der Waals surface area contributed by atoms with Gasteiger partial charge < -0.3 is 15.8 Å². The Bertz CT molecular complexity index is 397. The first-order valence-corrected chi connectivity index (χ1v) is 6.73. The maximum Gasteiger partial charge on any atom is 0.0471 e. The molecule has 18 heavy (non-hydrogen) atoms. The predicted octanol–water partition coefficient (Wildman–Crippen LogP) is 2.48. The standard InChI is InChI=1S/C15H24N2O/c1-12-3-4-14(16)13(9-12)10-17-11-15(2)5-7-18-8-6-15/h3-4,9,17H,5-8,10-11,16H2,1-2H3. The molecule has 1 fully saturated rings. The summed E-state index contributed by atoms with van der Waals surface area (Å²) in [5.74, 6) is 0. The van der Waals surface area contributed by atoms with Crippen molar-refractivity contribution in [2.75, 3.05) is 25.5 Å². The van der Waals surface area contributed by atoms with Gasteiger partial charge in [0.2, 0.25) is 0 Å². The molecule has 100 valence electrons. The Kier molecular flexibility index (Phi) is 4.25. The lowest BCUT2D eigenvalue weighted by molar-refractivity contribution is 0.0240. The van der Waals surface area contributed by atoms with Gasteiger partial charge in [-0.3, -0.25) is 0 Å². The summed E-state index contributed by atoms with van der Waals surface area (Å²) < 4.78 is 5.42. The van der Waals surface area contributed by atoms with Crippen LogP contribution in [0.15, 0.2) is 18.2 Å². The van der Waals surface area contributed by atoms with Crippen LogP contribution >= 0.6 is 0 Å². The summed E-state index contributed by atoms with van der Waals surface area (Å²) in [4.78, 5) is 0. The Morgan fingerprint density at radius 1 is 1.33 bits per heavy atom. The van der Waals surface area contributed by atoms with E-state index in [0.717, 1.165) is 44.8 Å². The van der Waals surface area contributed by atoms with Gasteiger partial charge in [-0.25, -0.2) is 0 Å².